The summed E-state index contributed by atoms with van der Waals surface area (Å²) in [4.78, 5) is 26.9. The molecule has 0 aromatic heterocycles. The molecule has 3 aromatic carbocycles. The highest BCUT2D eigenvalue weighted by Gasteiger charge is 2.41. The molecule has 0 aliphatic carbocycles. The zero-order valence-electron chi connectivity index (χ0n) is 20.5. The van der Waals surface area contributed by atoms with Gasteiger partial charge in [-0.25, -0.2) is 4.79 Å². The summed E-state index contributed by atoms with van der Waals surface area (Å²) in [5.41, 5.74) is 2.24. The van der Waals surface area contributed by atoms with Crippen LogP contribution >= 0.6 is 0 Å². The van der Waals surface area contributed by atoms with Gasteiger partial charge in [0.1, 0.15) is 19.3 Å². The van der Waals surface area contributed by atoms with E-state index in [9.17, 15) is 27.9 Å². The van der Waals surface area contributed by atoms with Gasteiger partial charge in [0.05, 0.1) is 7.11 Å². The predicted molar refractivity (Wildman–Crippen MR) is 131 cm³/mol. The summed E-state index contributed by atoms with van der Waals surface area (Å²) in [6, 6.07) is 19.1. The Hall–Kier alpha value is -4.05. The molecule has 0 saturated heterocycles. The number of fused-ring (bicyclic) bond motifs is 1. The van der Waals surface area contributed by atoms with Crippen LogP contribution in [0.5, 0.6) is 11.5 Å². The van der Waals surface area contributed by atoms with Crippen LogP contribution in [0.4, 0.5) is 13.2 Å². The fourth-order valence-corrected chi connectivity index (χ4v) is 4.38. The SMILES string of the molecule is COc1ccc2c(c1OCc1ccccc1)C[C@H](C(=O)O)N(C(=O)[C@H](OCC(F)(F)F)c1ccccc1)C2. The third-order valence-corrected chi connectivity index (χ3v) is 6.19. The Morgan fingerprint density at radius 3 is 2.29 bits per heavy atom. The Bertz CT molecular complexity index is 1270. The van der Waals surface area contributed by atoms with E-state index in [-0.39, 0.29) is 25.1 Å². The molecule has 1 N–H and O–H groups in total. The Morgan fingerprint density at radius 1 is 1.03 bits per heavy atom. The number of methoxy groups -OCH3 is 1. The van der Waals surface area contributed by atoms with Crippen molar-refractivity contribution in [3.63, 3.8) is 0 Å². The lowest BCUT2D eigenvalue weighted by atomic mass is 9.91. The first-order chi connectivity index (χ1) is 18.2. The Balaban J connectivity index is 1.67. The van der Waals surface area contributed by atoms with Crippen LogP contribution in [0.3, 0.4) is 0 Å². The van der Waals surface area contributed by atoms with Gasteiger partial charge in [0, 0.05) is 18.5 Å². The van der Waals surface area contributed by atoms with E-state index >= 15 is 0 Å². The summed E-state index contributed by atoms with van der Waals surface area (Å²) in [5, 5.41) is 10.0. The average molecular weight is 530 g/mol. The van der Waals surface area contributed by atoms with Gasteiger partial charge in [0.2, 0.25) is 0 Å². The zero-order valence-corrected chi connectivity index (χ0v) is 20.5. The van der Waals surface area contributed by atoms with Gasteiger partial charge in [0.15, 0.2) is 17.6 Å². The van der Waals surface area contributed by atoms with E-state index in [0.717, 1.165) is 10.5 Å². The number of alkyl halides is 3. The van der Waals surface area contributed by atoms with Crippen molar-refractivity contribution >= 4 is 11.9 Å². The highest BCUT2D eigenvalue weighted by atomic mass is 19.4. The molecular formula is C28H26F3NO6. The average Bonchev–Trinajstić information content (AvgIpc) is 2.91. The summed E-state index contributed by atoms with van der Waals surface area (Å²) < 4.78 is 55.5. The van der Waals surface area contributed by atoms with Crippen LogP contribution in [0.2, 0.25) is 0 Å². The monoisotopic (exact) mass is 529 g/mol. The van der Waals surface area contributed by atoms with E-state index in [1.165, 1.54) is 19.2 Å². The number of hydrogen-bond donors (Lipinski definition) is 1. The van der Waals surface area contributed by atoms with Crippen molar-refractivity contribution in [2.75, 3.05) is 13.7 Å². The molecule has 1 amide bonds. The van der Waals surface area contributed by atoms with Crippen molar-refractivity contribution in [1.29, 1.82) is 0 Å². The Labute approximate surface area is 217 Å². The normalized spacial score (nSPS) is 15.9. The molecule has 0 bridgehead atoms. The third-order valence-electron chi connectivity index (χ3n) is 6.19. The molecule has 1 heterocycles. The van der Waals surface area contributed by atoms with Crippen molar-refractivity contribution in [2.45, 2.75) is 37.9 Å². The molecule has 0 unspecified atom stereocenters. The molecule has 0 spiro atoms. The number of carbonyl (C=O) groups excluding carboxylic acids is 1. The molecule has 0 saturated carbocycles. The van der Waals surface area contributed by atoms with Gasteiger partial charge in [-0.05, 0) is 22.8 Å². The molecule has 3 aromatic rings. The first kappa shape index (κ1) is 27.0. The van der Waals surface area contributed by atoms with E-state index < -0.39 is 36.8 Å². The summed E-state index contributed by atoms with van der Waals surface area (Å²) in [6.07, 6.45) is -6.43. The molecule has 200 valence electrons. The first-order valence-electron chi connectivity index (χ1n) is 11.8. The summed E-state index contributed by atoms with van der Waals surface area (Å²) in [6.45, 7) is -1.61. The van der Waals surface area contributed by atoms with Crippen LogP contribution in [0.15, 0.2) is 72.8 Å². The lowest BCUT2D eigenvalue weighted by Crippen LogP contribution is -2.50. The minimum atomic E-state index is -4.67. The number of amides is 1. The number of carboxylic acid groups (broad SMARTS) is 1. The summed E-state index contributed by atoms with van der Waals surface area (Å²) in [7, 11) is 1.47. The number of aliphatic carboxylic acids is 1. The van der Waals surface area contributed by atoms with E-state index in [1.807, 2.05) is 30.3 Å². The van der Waals surface area contributed by atoms with Crippen molar-refractivity contribution in [2.24, 2.45) is 0 Å². The van der Waals surface area contributed by atoms with Crippen LogP contribution in [0.1, 0.15) is 28.4 Å². The van der Waals surface area contributed by atoms with Crippen LogP contribution in [-0.2, 0) is 33.9 Å². The number of ether oxygens (including phenoxy) is 3. The summed E-state index contributed by atoms with van der Waals surface area (Å²) >= 11 is 0. The maximum absolute atomic E-state index is 13.6. The molecule has 38 heavy (non-hydrogen) atoms. The van der Waals surface area contributed by atoms with Gasteiger partial charge in [-0.2, -0.15) is 13.2 Å². The van der Waals surface area contributed by atoms with Gasteiger partial charge in [-0.15, -0.1) is 0 Å². The number of hydrogen-bond acceptors (Lipinski definition) is 5. The minimum Gasteiger partial charge on any atom is -0.493 e. The highest BCUT2D eigenvalue weighted by Crippen LogP contribution is 2.40. The molecule has 4 rings (SSSR count). The third kappa shape index (κ3) is 6.25. The van der Waals surface area contributed by atoms with Crippen molar-refractivity contribution in [3.05, 3.63) is 95.1 Å². The van der Waals surface area contributed by atoms with Gasteiger partial charge in [0.25, 0.3) is 5.91 Å². The van der Waals surface area contributed by atoms with Crippen LogP contribution in [0, 0.1) is 0 Å². The molecule has 1 aliphatic rings. The maximum atomic E-state index is 13.6. The van der Waals surface area contributed by atoms with Crippen molar-refractivity contribution in [3.8, 4) is 11.5 Å². The molecule has 7 nitrogen and oxygen atoms in total. The van der Waals surface area contributed by atoms with Crippen LogP contribution < -0.4 is 9.47 Å². The lowest BCUT2D eigenvalue weighted by Gasteiger charge is -2.37. The number of benzene rings is 3. The zero-order chi connectivity index (χ0) is 27.3. The molecule has 10 heteroatoms. The standard InChI is InChI=1S/C28H26F3NO6/c1-36-23-13-12-20-15-32(26(33)24(38-17-28(29,30)31)19-10-6-3-7-11-19)22(27(34)35)14-21(20)25(23)37-16-18-8-4-2-5-9-18/h2-13,22,24H,14-17H2,1H3,(H,34,35)/t22-,24-/m1/s1. The van der Waals surface area contributed by atoms with E-state index in [4.69, 9.17) is 14.2 Å². The lowest BCUT2D eigenvalue weighted by molar-refractivity contribution is -0.193. The highest BCUT2D eigenvalue weighted by molar-refractivity contribution is 5.88. The van der Waals surface area contributed by atoms with Gasteiger partial charge < -0.3 is 24.2 Å². The largest absolute Gasteiger partial charge is 0.493 e. The van der Waals surface area contributed by atoms with Crippen LogP contribution in [-0.4, -0.2) is 47.8 Å². The van der Waals surface area contributed by atoms with Gasteiger partial charge >= 0.3 is 12.1 Å². The number of rotatable bonds is 9. The van der Waals surface area contributed by atoms with E-state index in [0.29, 0.717) is 22.6 Å². The fraction of sp³-hybridized carbons (Fsp3) is 0.286. The molecule has 2 atom stereocenters. The Morgan fingerprint density at radius 2 is 1.68 bits per heavy atom. The Kier molecular flexibility index (Phi) is 8.21. The van der Waals surface area contributed by atoms with Crippen molar-refractivity contribution < 1.29 is 42.1 Å². The van der Waals surface area contributed by atoms with E-state index in [2.05, 4.69) is 0 Å². The summed E-state index contributed by atoms with van der Waals surface area (Å²) in [5.74, 6) is -1.41. The predicted octanol–water partition coefficient (Wildman–Crippen LogP) is 4.93. The molecule has 1 aliphatic heterocycles. The number of nitrogens with zero attached hydrogens (tertiary/aromatic N) is 1. The topological polar surface area (TPSA) is 85.3 Å². The molecule has 0 fully saturated rings. The van der Waals surface area contributed by atoms with Crippen molar-refractivity contribution in [1.82, 2.24) is 4.90 Å². The second-order valence-electron chi connectivity index (χ2n) is 8.75. The second kappa shape index (κ2) is 11.6. The molecular weight excluding hydrogens is 503 g/mol. The smallest absolute Gasteiger partial charge is 0.411 e. The maximum Gasteiger partial charge on any atom is 0.411 e. The van der Waals surface area contributed by atoms with Gasteiger partial charge in [-0.3, -0.25) is 4.79 Å². The number of carbonyl (C=O) groups is 2. The number of halogens is 3. The quantitative estimate of drug-likeness (QED) is 0.423. The second-order valence-corrected chi connectivity index (χ2v) is 8.75. The van der Waals surface area contributed by atoms with Gasteiger partial charge in [-0.1, -0.05) is 66.7 Å². The number of carboxylic acids is 1. The molecule has 0 radical (unpaired) electrons. The van der Waals surface area contributed by atoms with Crippen LogP contribution in [0.25, 0.3) is 0 Å². The fourth-order valence-electron chi connectivity index (χ4n) is 4.38. The van der Waals surface area contributed by atoms with E-state index in [1.54, 1.807) is 30.3 Å². The first-order valence-corrected chi connectivity index (χ1v) is 11.8. The minimum absolute atomic E-state index is 0.126.